The second kappa shape index (κ2) is 5.89. The first-order valence-electron chi connectivity index (χ1n) is 7.97. The molecule has 104 valence electrons. The van der Waals surface area contributed by atoms with Crippen LogP contribution in [0.1, 0.15) is 51.4 Å². The fourth-order valence-corrected chi connectivity index (χ4v) is 4.44. The van der Waals surface area contributed by atoms with Crippen molar-refractivity contribution in [2.45, 2.75) is 69.6 Å². The highest BCUT2D eigenvalue weighted by Crippen LogP contribution is 2.35. The topological polar surface area (TPSA) is 38.5 Å². The van der Waals surface area contributed by atoms with Crippen molar-refractivity contribution in [2.75, 3.05) is 19.7 Å². The fraction of sp³-hybridized carbons (Fsp3) is 1.00. The summed E-state index contributed by atoms with van der Waals surface area (Å²) in [7, 11) is 0. The van der Waals surface area contributed by atoms with Gasteiger partial charge in [-0.05, 0) is 38.1 Å². The van der Waals surface area contributed by atoms with E-state index in [-0.39, 0.29) is 0 Å². The lowest BCUT2D eigenvalue weighted by Crippen LogP contribution is -2.59. The molecule has 0 bridgehead atoms. The minimum Gasteiger partial charge on any atom is -0.375 e. The SMILES string of the molecule is NCC1CCCCC1N1CCOC2CCCCC21. The normalized spacial score (nSPS) is 42.5. The lowest BCUT2D eigenvalue weighted by atomic mass is 9.80. The standard InChI is InChI=1S/C15H28N2O/c16-11-12-5-1-2-6-13(12)17-9-10-18-15-8-4-3-7-14(15)17/h12-15H,1-11,16H2. The molecule has 0 aromatic carbocycles. The molecule has 0 aromatic heterocycles. The van der Waals surface area contributed by atoms with Crippen LogP contribution in [0.5, 0.6) is 0 Å². The minimum atomic E-state index is 0.521. The summed E-state index contributed by atoms with van der Waals surface area (Å²) >= 11 is 0. The molecule has 2 saturated carbocycles. The van der Waals surface area contributed by atoms with E-state index in [1.54, 1.807) is 0 Å². The van der Waals surface area contributed by atoms with Crippen molar-refractivity contribution < 1.29 is 4.74 Å². The Labute approximate surface area is 111 Å². The summed E-state index contributed by atoms with van der Waals surface area (Å²) in [5.41, 5.74) is 6.01. The molecule has 1 saturated heterocycles. The predicted molar refractivity (Wildman–Crippen MR) is 73.5 cm³/mol. The quantitative estimate of drug-likeness (QED) is 0.818. The molecule has 4 atom stereocenters. The first kappa shape index (κ1) is 12.9. The molecule has 18 heavy (non-hydrogen) atoms. The van der Waals surface area contributed by atoms with Gasteiger partial charge in [0.2, 0.25) is 0 Å². The number of rotatable bonds is 2. The van der Waals surface area contributed by atoms with Crippen molar-refractivity contribution in [3.8, 4) is 0 Å². The van der Waals surface area contributed by atoms with E-state index in [1.165, 1.54) is 51.4 Å². The Morgan fingerprint density at radius 2 is 1.67 bits per heavy atom. The zero-order valence-electron chi connectivity index (χ0n) is 11.5. The summed E-state index contributed by atoms with van der Waals surface area (Å²) in [5, 5.41) is 0. The van der Waals surface area contributed by atoms with Crippen molar-refractivity contribution in [1.29, 1.82) is 0 Å². The average molecular weight is 252 g/mol. The number of nitrogens with two attached hydrogens (primary N) is 1. The van der Waals surface area contributed by atoms with Gasteiger partial charge in [0.15, 0.2) is 0 Å². The van der Waals surface area contributed by atoms with Crippen molar-refractivity contribution >= 4 is 0 Å². The number of hydrogen-bond acceptors (Lipinski definition) is 3. The van der Waals surface area contributed by atoms with E-state index in [1.807, 2.05) is 0 Å². The van der Waals surface area contributed by atoms with Crippen LogP contribution < -0.4 is 5.73 Å². The van der Waals surface area contributed by atoms with Crippen LogP contribution in [0.2, 0.25) is 0 Å². The summed E-state index contributed by atoms with van der Waals surface area (Å²) in [6, 6.07) is 1.45. The van der Waals surface area contributed by atoms with Crippen LogP contribution >= 0.6 is 0 Å². The van der Waals surface area contributed by atoms with Gasteiger partial charge < -0.3 is 10.5 Å². The highest BCUT2D eigenvalue weighted by Gasteiger charge is 2.40. The molecule has 2 N–H and O–H groups in total. The van der Waals surface area contributed by atoms with E-state index in [0.29, 0.717) is 12.1 Å². The van der Waals surface area contributed by atoms with Gasteiger partial charge in [-0.25, -0.2) is 0 Å². The Bertz CT molecular complexity index is 269. The molecule has 3 heteroatoms. The van der Waals surface area contributed by atoms with E-state index in [9.17, 15) is 0 Å². The van der Waals surface area contributed by atoms with Crippen LogP contribution in [0.25, 0.3) is 0 Å². The van der Waals surface area contributed by atoms with Crippen LogP contribution in [0, 0.1) is 5.92 Å². The van der Waals surface area contributed by atoms with Crippen molar-refractivity contribution in [3.63, 3.8) is 0 Å². The summed E-state index contributed by atoms with van der Waals surface area (Å²) in [6.07, 6.45) is 11.4. The summed E-state index contributed by atoms with van der Waals surface area (Å²) in [5.74, 6) is 0.736. The van der Waals surface area contributed by atoms with Gasteiger partial charge in [0, 0.05) is 18.6 Å². The Kier molecular flexibility index (Phi) is 4.22. The molecule has 3 fully saturated rings. The number of morpholine rings is 1. The molecule has 3 nitrogen and oxygen atoms in total. The molecule has 2 aliphatic carbocycles. The number of hydrogen-bond donors (Lipinski definition) is 1. The smallest absolute Gasteiger partial charge is 0.0731 e. The van der Waals surface area contributed by atoms with Gasteiger partial charge in [-0.2, -0.15) is 0 Å². The number of ether oxygens (including phenoxy) is 1. The molecule has 4 unspecified atom stereocenters. The maximum absolute atomic E-state index is 6.01. The van der Waals surface area contributed by atoms with Crippen molar-refractivity contribution in [1.82, 2.24) is 4.90 Å². The van der Waals surface area contributed by atoms with Gasteiger partial charge in [-0.3, -0.25) is 4.90 Å². The Hall–Kier alpha value is -0.120. The Morgan fingerprint density at radius 1 is 0.944 bits per heavy atom. The molecular formula is C15H28N2O. The summed E-state index contributed by atoms with van der Waals surface area (Å²) in [4.78, 5) is 2.80. The number of fused-ring (bicyclic) bond motifs is 1. The molecule has 0 amide bonds. The fourth-order valence-electron chi connectivity index (χ4n) is 4.44. The molecule has 0 aromatic rings. The molecule has 1 aliphatic heterocycles. The Morgan fingerprint density at radius 3 is 2.50 bits per heavy atom. The second-order valence-electron chi connectivity index (χ2n) is 6.35. The van der Waals surface area contributed by atoms with E-state index < -0.39 is 0 Å². The summed E-state index contributed by atoms with van der Waals surface area (Å²) < 4.78 is 6.00. The third-order valence-electron chi connectivity index (χ3n) is 5.37. The third-order valence-corrected chi connectivity index (χ3v) is 5.37. The zero-order valence-corrected chi connectivity index (χ0v) is 11.5. The lowest BCUT2D eigenvalue weighted by molar-refractivity contribution is -0.113. The third kappa shape index (κ3) is 2.45. The molecular weight excluding hydrogens is 224 g/mol. The maximum atomic E-state index is 6.01. The van der Waals surface area contributed by atoms with Crippen LogP contribution in [0.15, 0.2) is 0 Å². The first-order chi connectivity index (χ1) is 8.90. The van der Waals surface area contributed by atoms with E-state index in [4.69, 9.17) is 10.5 Å². The highest BCUT2D eigenvalue weighted by molar-refractivity contribution is 4.94. The largest absolute Gasteiger partial charge is 0.375 e. The van der Waals surface area contributed by atoms with E-state index >= 15 is 0 Å². The highest BCUT2D eigenvalue weighted by atomic mass is 16.5. The van der Waals surface area contributed by atoms with Gasteiger partial charge in [0.25, 0.3) is 0 Å². The van der Waals surface area contributed by atoms with Crippen LogP contribution in [0.4, 0.5) is 0 Å². The second-order valence-corrected chi connectivity index (χ2v) is 6.35. The van der Waals surface area contributed by atoms with Crippen molar-refractivity contribution in [2.24, 2.45) is 11.7 Å². The Balaban J connectivity index is 1.72. The van der Waals surface area contributed by atoms with Crippen LogP contribution in [-0.4, -0.2) is 42.8 Å². The van der Waals surface area contributed by atoms with E-state index in [2.05, 4.69) is 4.90 Å². The van der Waals surface area contributed by atoms with Crippen LogP contribution in [-0.2, 0) is 4.74 Å². The maximum Gasteiger partial charge on any atom is 0.0731 e. The molecule has 0 spiro atoms. The van der Waals surface area contributed by atoms with Gasteiger partial charge in [0.05, 0.1) is 12.7 Å². The van der Waals surface area contributed by atoms with Crippen molar-refractivity contribution in [3.05, 3.63) is 0 Å². The monoisotopic (exact) mass is 252 g/mol. The predicted octanol–water partition coefficient (Wildman–Crippen LogP) is 2.15. The molecule has 0 radical (unpaired) electrons. The van der Waals surface area contributed by atoms with Gasteiger partial charge in [0.1, 0.15) is 0 Å². The van der Waals surface area contributed by atoms with Gasteiger partial charge >= 0.3 is 0 Å². The molecule has 3 aliphatic rings. The zero-order chi connectivity index (χ0) is 12.4. The van der Waals surface area contributed by atoms with E-state index in [0.717, 1.165) is 31.7 Å². The van der Waals surface area contributed by atoms with Gasteiger partial charge in [-0.15, -0.1) is 0 Å². The molecule has 1 heterocycles. The minimum absolute atomic E-state index is 0.521. The van der Waals surface area contributed by atoms with Gasteiger partial charge in [-0.1, -0.05) is 25.7 Å². The van der Waals surface area contributed by atoms with Crippen LogP contribution in [0.3, 0.4) is 0 Å². The molecule has 3 rings (SSSR count). The average Bonchev–Trinajstić information content (AvgIpc) is 2.46. The number of nitrogens with zero attached hydrogens (tertiary/aromatic N) is 1. The lowest BCUT2D eigenvalue weighted by Gasteiger charge is -2.50. The summed E-state index contributed by atoms with van der Waals surface area (Å²) in [6.45, 7) is 2.96. The first-order valence-corrected chi connectivity index (χ1v) is 7.97.